The predicted octanol–water partition coefficient (Wildman–Crippen LogP) is 1.86. The molecule has 2 rings (SSSR count). The second-order valence-corrected chi connectivity index (χ2v) is 4.58. The van der Waals surface area contributed by atoms with Crippen LogP contribution >= 0.6 is 0 Å². The zero-order chi connectivity index (χ0) is 14.7. The summed E-state index contributed by atoms with van der Waals surface area (Å²) in [6.07, 6.45) is -1.30. The first kappa shape index (κ1) is 14.3. The Kier molecular flexibility index (Phi) is 4.19. The van der Waals surface area contributed by atoms with Gasteiger partial charge in [-0.05, 0) is 6.92 Å². The maximum Gasteiger partial charge on any atom is 0.411 e. The van der Waals surface area contributed by atoms with E-state index in [1.165, 1.54) is 11.0 Å². The van der Waals surface area contributed by atoms with Crippen molar-refractivity contribution in [1.29, 1.82) is 0 Å². The average Bonchev–Trinajstić information content (AvgIpc) is 2.81. The molecule has 1 saturated heterocycles. The minimum Gasteiger partial charge on any atom is -0.450 e. The fourth-order valence-electron chi connectivity index (χ4n) is 2.44. The number of ether oxygens (including phenoxy) is 1. The summed E-state index contributed by atoms with van der Waals surface area (Å²) in [6.45, 7) is 2.11. The minimum absolute atomic E-state index is 0.00964. The van der Waals surface area contributed by atoms with Crippen LogP contribution in [0.25, 0.3) is 0 Å². The lowest BCUT2D eigenvalue weighted by Gasteiger charge is -2.19. The van der Waals surface area contributed by atoms with Crippen LogP contribution in [0.3, 0.4) is 0 Å². The molecule has 2 atom stereocenters. The molecule has 1 aromatic carbocycles. The number of aliphatic hydroxyl groups is 1. The molecule has 2 unspecified atom stereocenters. The van der Waals surface area contributed by atoms with Gasteiger partial charge in [0.15, 0.2) is 0 Å². The monoisotopic (exact) mass is 280 g/mol. The molecule has 1 fully saturated rings. The van der Waals surface area contributed by atoms with E-state index in [1.807, 2.05) is 0 Å². The summed E-state index contributed by atoms with van der Waals surface area (Å²) in [5.41, 5.74) is 0.541. The number of rotatable bonds is 3. The lowest BCUT2D eigenvalue weighted by atomic mass is 9.96. The van der Waals surface area contributed by atoms with Crippen LogP contribution in [0.4, 0.5) is 10.5 Å². The zero-order valence-corrected chi connectivity index (χ0v) is 11.1. The van der Waals surface area contributed by atoms with Crippen molar-refractivity contribution >= 4 is 11.8 Å². The number of carbonyl (C=O) groups excluding carboxylic acids is 1. The van der Waals surface area contributed by atoms with Gasteiger partial charge < -0.3 is 9.84 Å². The molecule has 7 heteroatoms. The van der Waals surface area contributed by atoms with Crippen LogP contribution in [-0.2, 0) is 4.74 Å². The van der Waals surface area contributed by atoms with Crippen LogP contribution in [0.2, 0.25) is 0 Å². The van der Waals surface area contributed by atoms with E-state index in [4.69, 9.17) is 4.74 Å². The summed E-state index contributed by atoms with van der Waals surface area (Å²) < 4.78 is 4.85. The number of nitrogens with zero attached hydrogens (tertiary/aromatic N) is 2. The Morgan fingerprint density at radius 3 is 2.90 bits per heavy atom. The molecule has 0 radical (unpaired) electrons. The van der Waals surface area contributed by atoms with Crippen molar-refractivity contribution in [1.82, 2.24) is 4.90 Å². The summed E-state index contributed by atoms with van der Waals surface area (Å²) in [5.74, 6) is -0.268. The Labute approximate surface area is 115 Å². The largest absolute Gasteiger partial charge is 0.450 e. The number of likely N-dealkylation sites (tertiary alicyclic amines) is 1. The summed E-state index contributed by atoms with van der Waals surface area (Å²) in [4.78, 5) is 23.4. The molecule has 1 aliphatic heterocycles. The van der Waals surface area contributed by atoms with Gasteiger partial charge in [-0.2, -0.15) is 0 Å². The maximum absolute atomic E-state index is 11.7. The number of nitro groups is 1. The van der Waals surface area contributed by atoms with Crippen molar-refractivity contribution in [3.05, 3.63) is 39.9 Å². The minimum atomic E-state index is -0.973. The normalized spacial score (nSPS) is 21.8. The number of hydrogen-bond acceptors (Lipinski definition) is 5. The molecule has 0 aromatic heterocycles. The van der Waals surface area contributed by atoms with E-state index in [0.717, 1.165) is 0 Å². The van der Waals surface area contributed by atoms with Crippen LogP contribution in [0.1, 0.15) is 24.8 Å². The first-order valence-electron chi connectivity index (χ1n) is 6.39. The van der Waals surface area contributed by atoms with E-state index in [1.54, 1.807) is 25.1 Å². The molecule has 0 spiro atoms. The summed E-state index contributed by atoms with van der Waals surface area (Å²) in [7, 11) is 0. The molecule has 20 heavy (non-hydrogen) atoms. The number of benzene rings is 1. The van der Waals surface area contributed by atoms with E-state index in [9.17, 15) is 20.0 Å². The highest BCUT2D eigenvalue weighted by molar-refractivity contribution is 5.68. The molecule has 1 aliphatic rings. The van der Waals surface area contributed by atoms with Gasteiger partial charge in [0.25, 0.3) is 5.69 Å². The number of aliphatic hydroxyl groups excluding tert-OH is 1. The van der Waals surface area contributed by atoms with Gasteiger partial charge in [-0.25, -0.2) is 4.79 Å². The molecule has 1 N–H and O–H groups in total. The third kappa shape index (κ3) is 2.72. The highest BCUT2D eigenvalue weighted by Crippen LogP contribution is 2.35. The molecule has 0 bridgehead atoms. The van der Waals surface area contributed by atoms with Gasteiger partial charge in [0.05, 0.1) is 11.5 Å². The van der Waals surface area contributed by atoms with Gasteiger partial charge in [-0.1, -0.05) is 18.2 Å². The lowest BCUT2D eigenvalue weighted by Crippen LogP contribution is -2.35. The molecule has 1 aromatic rings. The van der Waals surface area contributed by atoms with Crippen molar-refractivity contribution in [2.24, 2.45) is 0 Å². The van der Waals surface area contributed by atoms with Crippen LogP contribution in [-0.4, -0.2) is 40.4 Å². The van der Waals surface area contributed by atoms with E-state index in [0.29, 0.717) is 5.56 Å². The van der Waals surface area contributed by atoms with Crippen LogP contribution in [0.15, 0.2) is 24.3 Å². The van der Waals surface area contributed by atoms with E-state index < -0.39 is 17.2 Å². The van der Waals surface area contributed by atoms with Gasteiger partial charge in [-0.15, -0.1) is 0 Å². The molecular weight excluding hydrogens is 264 g/mol. The number of para-hydroxylation sites is 1. The third-order valence-corrected chi connectivity index (χ3v) is 3.35. The van der Waals surface area contributed by atoms with Gasteiger partial charge in [0.1, 0.15) is 6.23 Å². The highest BCUT2D eigenvalue weighted by Gasteiger charge is 2.37. The molecule has 1 amide bonds. The fourth-order valence-corrected chi connectivity index (χ4v) is 2.44. The highest BCUT2D eigenvalue weighted by atomic mass is 16.6. The summed E-state index contributed by atoms with van der Waals surface area (Å²) >= 11 is 0. The van der Waals surface area contributed by atoms with Gasteiger partial charge in [0.2, 0.25) is 0 Å². The second kappa shape index (κ2) is 5.87. The quantitative estimate of drug-likeness (QED) is 0.673. The Balaban J connectivity index is 2.20. The van der Waals surface area contributed by atoms with E-state index in [-0.39, 0.29) is 31.2 Å². The van der Waals surface area contributed by atoms with Crippen molar-refractivity contribution in [3.63, 3.8) is 0 Å². The van der Waals surface area contributed by atoms with Crippen molar-refractivity contribution in [3.8, 4) is 0 Å². The molecule has 1 heterocycles. The smallest absolute Gasteiger partial charge is 0.411 e. The average molecular weight is 280 g/mol. The number of hydrogen-bond donors (Lipinski definition) is 1. The maximum atomic E-state index is 11.7. The molecule has 0 saturated carbocycles. The Morgan fingerprint density at radius 2 is 2.25 bits per heavy atom. The van der Waals surface area contributed by atoms with E-state index in [2.05, 4.69) is 0 Å². The topological polar surface area (TPSA) is 92.9 Å². The van der Waals surface area contributed by atoms with Gasteiger partial charge >= 0.3 is 6.09 Å². The zero-order valence-electron chi connectivity index (χ0n) is 11.1. The second-order valence-electron chi connectivity index (χ2n) is 4.58. The van der Waals surface area contributed by atoms with Crippen molar-refractivity contribution < 1.29 is 19.6 Å². The Bertz CT molecular complexity index is 519. The molecule has 7 nitrogen and oxygen atoms in total. The standard InChI is InChI=1S/C13H16N2O5/c1-2-20-13(17)14-8-9(7-12(14)16)10-5-3-4-6-11(10)15(18)19/h3-6,9,12,16H,2,7-8H2,1H3. The first-order valence-corrected chi connectivity index (χ1v) is 6.39. The number of carbonyl (C=O) groups is 1. The number of amides is 1. The summed E-state index contributed by atoms with van der Waals surface area (Å²) in [5, 5.41) is 20.9. The molecule has 108 valence electrons. The first-order chi connectivity index (χ1) is 9.54. The van der Waals surface area contributed by atoms with Gasteiger partial charge in [0, 0.05) is 30.5 Å². The lowest BCUT2D eigenvalue weighted by molar-refractivity contribution is -0.385. The predicted molar refractivity (Wildman–Crippen MR) is 70.2 cm³/mol. The van der Waals surface area contributed by atoms with Gasteiger partial charge in [-0.3, -0.25) is 15.0 Å². The van der Waals surface area contributed by atoms with E-state index >= 15 is 0 Å². The molecule has 0 aliphatic carbocycles. The fraction of sp³-hybridized carbons (Fsp3) is 0.462. The van der Waals surface area contributed by atoms with Crippen molar-refractivity contribution in [2.45, 2.75) is 25.5 Å². The van der Waals surface area contributed by atoms with Crippen LogP contribution in [0, 0.1) is 10.1 Å². The Hall–Kier alpha value is -2.15. The number of nitro benzene ring substituents is 1. The van der Waals surface area contributed by atoms with Crippen molar-refractivity contribution in [2.75, 3.05) is 13.2 Å². The molecular formula is C13H16N2O5. The Morgan fingerprint density at radius 1 is 1.55 bits per heavy atom. The third-order valence-electron chi connectivity index (χ3n) is 3.35. The van der Waals surface area contributed by atoms with Crippen LogP contribution < -0.4 is 0 Å². The van der Waals surface area contributed by atoms with Crippen LogP contribution in [0.5, 0.6) is 0 Å². The SMILES string of the molecule is CCOC(=O)N1CC(c2ccccc2[N+](=O)[O-])CC1O. The summed E-state index contributed by atoms with van der Waals surface area (Å²) in [6, 6.07) is 6.39.